The van der Waals surface area contributed by atoms with Crippen molar-refractivity contribution in [3.05, 3.63) is 35.9 Å². The molecule has 2 rings (SSSR count). The van der Waals surface area contributed by atoms with Crippen LogP contribution < -0.4 is 5.32 Å². The van der Waals surface area contributed by atoms with Gasteiger partial charge in [0.1, 0.15) is 12.6 Å². The van der Waals surface area contributed by atoms with Crippen molar-refractivity contribution in [1.82, 2.24) is 5.32 Å². The molecule has 5 nitrogen and oxygen atoms in total. The zero-order chi connectivity index (χ0) is 13.9. The molecule has 0 unspecified atom stereocenters. The highest BCUT2D eigenvalue weighted by molar-refractivity contribution is 5.83. The van der Waals surface area contributed by atoms with E-state index in [4.69, 9.17) is 9.47 Å². The number of carbonyl (C=O) groups is 2. The summed E-state index contributed by atoms with van der Waals surface area (Å²) in [6.45, 7) is 4.20. The van der Waals surface area contributed by atoms with E-state index in [2.05, 4.69) is 5.32 Å². The number of hydrogen-bond acceptors (Lipinski definition) is 4. The number of amides is 1. The molecule has 5 heteroatoms. The normalized spacial score (nSPS) is 20.7. The quantitative estimate of drug-likeness (QED) is 0.845. The second-order valence-electron chi connectivity index (χ2n) is 5.24. The van der Waals surface area contributed by atoms with E-state index in [1.807, 2.05) is 44.2 Å². The fourth-order valence-electron chi connectivity index (χ4n) is 1.88. The molecule has 1 heterocycles. The van der Waals surface area contributed by atoms with Gasteiger partial charge in [-0.1, -0.05) is 44.2 Å². The van der Waals surface area contributed by atoms with E-state index in [9.17, 15) is 9.59 Å². The van der Waals surface area contributed by atoms with Gasteiger partial charge in [0.05, 0.1) is 6.61 Å². The smallest absolute Gasteiger partial charge is 0.408 e. The van der Waals surface area contributed by atoms with Crippen molar-refractivity contribution in [3.63, 3.8) is 0 Å². The number of benzene rings is 1. The van der Waals surface area contributed by atoms with Gasteiger partial charge in [-0.05, 0) is 5.56 Å². The summed E-state index contributed by atoms with van der Waals surface area (Å²) in [5, 5.41) is 2.55. The lowest BCUT2D eigenvalue weighted by Crippen LogP contribution is -2.46. The Balaban J connectivity index is 1.86. The van der Waals surface area contributed by atoms with Crippen LogP contribution in [0.25, 0.3) is 0 Å². The van der Waals surface area contributed by atoms with Crippen LogP contribution in [0, 0.1) is 5.41 Å². The molecule has 1 aliphatic rings. The Morgan fingerprint density at radius 2 is 2.11 bits per heavy atom. The van der Waals surface area contributed by atoms with E-state index in [-0.39, 0.29) is 6.61 Å². The number of esters is 1. The van der Waals surface area contributed by atoms with Crippen molar-refractivity contribution in [2.75, 3.05) is 6.61 Å². The number of rotatable bonds is 3. The summed E-state index contributed by atoms with van der Waals surface area (Å²) in [6.07, 6.45) is -0.610. The third-order valence-corrected chi connectivity index (χ3v) is 3.08. The highest BCUT2D eigenvalue weighted by atomic mass is 16.6. The van der Waals surface area contributed by atoms with Gasteiger partial charge >= 0.3 is 12.1 Å². The summed E-state index contributed by atoms with van der Waals surface area (Å²) in [7, 11) is 0. The molecule has 0 bridgehead atoms. The standard InChI is InChI=1S/C14H17NO4/c1-14(2)9-19-12(16)11(14)15-13(17)18-8-10-6-4-3-5-7-10/h3-7,11H,8-9H2,1-2H3,(H,15,17)/t11-/m1/s1. The van der Waals surface area contributed by atoms with Gasteiger partial charge in [-0.2, -0.15) is 0 Å². The van der Waals surface area contributed by atoms with Crippen LogP contribution in [-0.4, -0.2) is 24.7 Å². The average molecular weight is 263 g/mol. The fraction of sp³-hybridized carbons (Fsp3) is 0.429. The lowest BCUT2D eigenvalue weighted by molar-refractivity contribution is -0.139. The summed E-state index contributed by atoms with van der Waals surface area (Å²) in [5.74, 6) is -0.415. The SMILES string of the molecule is CC1(C)COC(=O)[C@H]1NC(=O)OCc1ccccc1. The Morgan fingerprint density at radius 1 is 1.42 bits per heavy atom. The second kappa shape index (κ2) is 5.30. The molecule has 0 aromatic heterocycles. The van der Waals surface area contributed by atoms with Crippen molar-refractivity contribution in [1.29, 1.82) is 0 Å². The van der Waals surface area contributed by atoms with Crippen molar-refractivity contribution < 1.29 is 19.1 Å². The van der Waals surface area contributed by atoms with Gasteiger partial charge in [0, 0.05) is 5.41 Å². The molecule has 1 N–H and O–H groups in total. The lowest BCUT2D eigenvalue weighted by Gasteiger charge is -2.22. The maximum atomic E-state index is 11.7. The van der Waals surface area contributed by atoms with Gasteiger partial charge in [-0.3, -0.25) is 0 Å². The third-order valence-electron chi connectivity index (χ3n) is 3.08. The number of carbonyl (C=O) groups excluding carboxylic acids is 2. The maximum Gasteiger partial charge on any atom is 0.408 e. The molecule has 1 fully saturated rings. The van der Waals surface area contributed by atoms with E-state index >= 15 is 0 Å². The Labute approximate surface area is 111 Å². The van der Waals surface area contributed by atoms with E-state index in [1.54, 1.807) is 0 Å². The highest BCUT2D eigenvalue weighted by Crippen LogP contribution is 2.28. The summed E-state index contributed by atoms with van der Waals surface area (Å²) >= 11 is 0. The number of hydrogen-bond donors (Lipinski definition) is 1. The molecular formula is C14H17NO4. The van der Waals surface area contributed by atoms with E-state index in [0.717, 1.165) is 5.56 Å². The van der Waals surface area contributed by atoms with Gasteiger partial charge in [-0.15, -0.1) is 0 Å². The van der Waals surface area contributed by atoms with E-state index < -0.39 is 23.5 Å². The van der Waals surface area contributed by atoms with Crippen LogP contribution in [0.4, 0.5) is 4.79 Å². The van der Waals surface area contributed by atoms with Crippen LogP contribution in [0.2, 0.25) is 0 Å². The highest BCUT2D eigenvalue weighted by Gasteiger charge is 2.44. The molecule has 1 aromatic rings. The van der Waals surface area contributed by atoms with Crippen LogP contribution in [0.1, 0.15) is 19.4 Å². The average Bonchev–Trinajstić information content (AvgIpc) is 2.65. The Morgan fingerprint density at radius 3 is 2.68 bits per heavy atom. The maximum absolute atomic E-state index is 11.7. The molecule has 0 spiro atoms. The molecule has 0 saturated carbocycles. The molecule has 1 aliphatic heterocycles. The zero-order valence-corrected chi connectivity index (χ0v) is 11.0. The first-order valence-corrected chi connectivity index (χ1v) is 6.13. The molecule has 1 atom stereocenters. The number of ether oxygens (including phenoxy) is 2. The third kappa shape index (κ3) is 3.24. The molecule has 0 radical (unpaired) electrons. The van der Waals surface area contributed by atoms with Crippen molar-refractivity contribution in [2.45, 2.75) is 26.5 Å². The molecule has 1 saturated heterocycles. The Kier molecular flexibility index (Phi) is 3.74. The lowest BCUT2D eigenvalue weighted by atomic mass is 9.88. The first kappa shape index (κ1) is 13.4. The largest absolute Gasteiger partial charge is 0.463 e. The van der Waals surface area contributed by atoms with Gasteiger partial charge in [-0.25, -0.2) is 9.59 Å². The topological polar surface area (TPSA) is 64.6 Å². The van der Waals surface area contributed by atoms with Gasteiger partial charge in [0.25, 0.3) is 0 Å². The van der Waals surface area contributed by atoms with Crippen molar-refractivity contribution in [2.24, 2.45) is 5.41 Å². The summed E-state index contributed by atoms with van der Waals surface area (Å²) in [4.78, 5) is 23.2. The van der Waals surface area contributed by atoms with E-state index in [1.165, 1.54) is 0 Å². The summed E-state index contributed by atoms with van der Waals surface area (Å²) < 4.78 is 10.0. The molecule has 1 aromatic carbocycles. The number of cyclic esters (lactones) is 1. The van der Waals surface area contributed by atoms with Crippen LogP contribution in [0.15, 0.2) is 30.3 Å². The Hall–Kier alpha value is -2.04. The molecule has 19 heavy (non-hydrogen) atoms. The van der Waals surface area contributed by atoms with Crippen LogP contribution >= 0.6 is 0 Å². The minimum atomic E-state index is -0.657. The van der Waals surface area contributed by atoms with Crippen LogP contribution in [0.3, 0.4) is 0 Å². The molecule has 1 amide bonds. The van der Waals surface area contributed by atoms with Crippen molar-refractivity contribution >= 4 is 12.1 Å². The first-order chi connectivity index (χ1) is 8.99. The zero-order valence-electron chi connectivity index (χ0n) is 11.0. The number of nitrogens with one attached hydrogen (secondary N) is 1. The summed E-state index contributed by atoms with van der Waals surface area (Å²) in [5.41, 5.74) is 0.481. The molecule has 102 valence electrons. The monoisotopic (exact) mass is 263 g/mol. The second-order valence-corrected chi connectivity index (χ2v) is 5.24. The number of alkyl carbamates (subject to hydrolysis) is 1. The van der Waals surface area contributed by atoms with Crippen molar-refractivity contribution in [3.8, 4) is 0 Å². The van der Waals surface area contributed by atoms with Crippen LogP contribution in [0.5, 0.6) is 0 Å². The molecular weight excluding hydrogens is 246 g/mol. The fourth-order valence-corrected chi connectivity index (χ4v) is 1.88. The minimum absolute atomic E-state index is 0.175. The first-order valence-electron chi connectivity index (χ1n) is 6.13. The predicted octanol–water partition coefficient (Wildman–Crippen LogP) is 1.86. The summed E-state index contributed by atoms with van der Waals surface area (Å²) in [6, 6.07) is 8.70. The van der Waals surface area contributed by atoms with Crippen LogP contribution in [-0.2, 0) is 20.9 Å². The minimum Gasteiger partial charge on any atom is -0.463 e. The van der Waals surface area contributed by atoms with E-state index in [0.29, 0.717) is 6.61 Å². The predicted molar refractivity (Wildman–Crippen MR) is 68.3 cm³/mol. The van der Waals surface area contributed by atoms with Gasteiger partial charge < -0.3 is 14.8 Å². The van der Waals surface area contributed by atoms with Gasteiger partial charge in [0.2, 0.25) is 0 Å². The van der Waals surface area contributed by atoms with Gasteiger partial charge in [0.15, 0.2) is 0 Å². The Bertz CT molecular complexity index is 470. The molecule has 0 aliphatic carbocycles.